The van der Waals surface area contributed by atoms with Crippen molar-refractivity contribution in [3.05, 3.63) is 140 Å². The Morgan fingerprint density at radius 2 is 1.21 bits per heavy atom. The summed E-state index contributed by atoms with van der Waals surface area (Å²) in [5, 5.41) is 7.02. The van der Waals surface area contributed by atoms with Crippen molar-refractivity contribution in [2.24, 2.45) is 0 Å². The summed E-state index contributed by atoms with van der Waals surface area (Å²) in [6.07, 6.45) is 0. The molecule has 0 saturated carbocycles. The molecule has 0 radical (unpaired) electrons. The van der Waals surface area contributed by atoms with Gasteiger partial charge in [-0.15, -0.1) is 11.3 Å². The van der Waals surface area contributed by atoms with Crippen LogP contribution >= 0.6 is 11.3 Å². The van der Waals surface area contributed by atoms with Crippen molar-refractivity contribution in [3.8, 4) is 27.6 Å². The predicted octanol–water partition coefficient (Wildman–Crippen LogP) is 10.4. The Balaban J connectivity index is 1.35. The normalized spacial score (nSPS) is 11.8. The number of aromatic nitrogens is 3. The minimum Gasteiger partial charge on any atom is -0.278 e. The molecule has 0 unspecified atom stereocenters. The molecule has 0 aliphatic rings. The molecule has 196 valence electrons. The standard InChI is InChI=1S/C38H23N3S/c1-2-11-25(12-3-1)36-30-20-18-24-10-4-6-14-28(24)37(30)40-38(39-36)41-32-16-8-7-15-29(32)31-22-27(19-21-33(31)41)35-23-26-13-5-9-17-34(26)42-35/h1-23H. The lowest BCUT2D eigenvalue weighted by molar-refractivity contribution is 1.02. The smallest absolute Gasteiger partial charge is 0.235 e. The Hall–Kier alpha value is -5.32. The molecule has 9 rings (SSSR count). The van der Waals surface area contributed by atoms with Crippen LogP contribution < -0.4 is 0 Å². The molecule has 4 heteroatoms. The highest BCUT2D eigenvalue weighted by Crippen LogP contribution is 2.39. The molecular formula is C38H23N3S. The van der Waals surface area contributed by atoms with Crippen LogP contribution in [0.2, 0.25) is 0 Å². The van der Waals surface area contributed by atoms with Gasteiger partial charge in [0, 0.05) is 36.7 Å². The minimum atomic E-state index is 0.679. The Kier molecular flexibility index (Phi) is 5.07. The van der Waals surface area contributed by atoms with Crippen molar-refractivity contribution in [2.45, 2.75) is 0 Å². The quantitative estimate of drug-likeness (QED) is 0.204. The van der Waals surface area contributed by atoms with Crippen molar-refractivity contribution < 1.29 is 0 Å². The van der Waals surface area contributed by atoms with E-state index >= 15 is 0 Å². The number of thiophene rings is 1. The van der Waals surface area contributed by atoms with Gasteiger partial charge >= 0.3 is 0 Å². The summed E-state index contributed by atoms with van der Waals surface area (Å²) in [6, 6.07) is 49.5. The van der Waals surface area contributed by atoms with Gasteiger partial charge in [-0.05, 0) is 52.7 Å². The first kappa shape index (κ1) is 23.4. The molecule has 0 fully saturated rings. The van der Waals surface area contributed by atoms with Crippen LogP contribution in [0.15, 0.2) is 140 Å². The first-order valence-corrected chi connectivity index (χ1v) is 14.9. The fraction of sp³-hybridized carbons (Fsp3) is 0. The second kappa shape index (κ2) is 9.10. The Bertz CT molecular complexity index is 2440. The van der Waals surface area contributed by atoms with Gasteiger partial charge < -0.3 is 0 Å². The van der Waals surface area contributed by atoms with E-state index in [4.69, 9.17) is 9.97 Å². The lowest BCUT2D eigenvalue weighted by atomic mass is 10.0. The second-order valence-electron chi connectivity index (χ2n) is 10.7. The molecule has 6 aromatic carbocycles. The van der Waals surface area contributed by atoms with Crippen molar-refractivity contribution in [1.29, 1.82) is 0 Å². The Morgan fingerprint density at radius 1 is 0.476 bits per heavy atom. The number of hydrogen-bond acceptors (Lipinski definition) is 3. The van der Waals surface area contributed by atoms with Gasteiger partial charge in [-0.25, -0.2) is 9.97 Å². The molecule has 0 aliphatic heterocycles. The summed E-state index contributed by atoms with van der Waals surface area (Å²) in [7, 11) is 0. The van der Waals surface area contributed by atoms with Crippen LogP contribution in [0.1, 0.15) is 0 Å². The predicted molar refractivity (Wildman–Crippen MR) is 178 cm³/mol. The first-order chi connectivity index (χ1) is 20.8. The highest BCUT2D eigenvalue weighted by Gasteiger charge is 2.19. The summed E-state index contributed by atoms with van der Waals surface area (Å²) in [5.74, 6) is 0.679. The van der Waals surface area contributed by atoms with Crippen LogP contribution in [0.5, 0.6) is 0 Å². The molecule has 9 aromatic rings. The van der Waals surface area contributed by atoms with E-state index in [1.807, 2.05) is 17.4 Å². The van der Waals surface area contributed by atoms with Crippen molar-refractivity contribution in [3.63, 3.8) is 0 Å². The average molecular weight is 554 g/mol. The molecule has 42 heavy (non-hydrogen) atoms. The highest BCUT2D eigenvalue weighted by molar-refractivity contribution is 7.22. The topological polar surface area (TPSA) is 30.7 Å². The molecule has 0 aliphatic carbocycles. The zero-order valence-corrected chi connectivity index (χ0v) is 23.3. The van der Waals surface area contributed by atoms with E-state index in [1.54, 1.807) is 0 Å². The molecule has 3 nitrogen and oxygen atoms in total. The zero-order valence-electron chi connectivity index (χ0n) is 22.5. The largest absolute Gasteiger partial charge is 0.278 e. The summed E-state index contributed by atoms with van der Waals surface area (Å²) >= 11 is 1.84. The maximum Gasteiger partial charge on any atom is 0.235 e. The fourth-order valence-electron chi connectivity index (χ4n) is 6.23. The third kappa shape index (κ3) is 3.52. The van der Waals surface area contributed by atoms with Crippen LogP contribution in [-0.2, 0) is 0 Å². The van der Waals surface area contributed by atoms with Gasteiger partial charge in [0.25, 0.3) is 0 Å². The van der Waals surface area contributed by atoms with Crippen LogP contribution in [0.25, 0.3) is 81.2 Å². The van der Waals surface area contributed by atoms with E-state index < -0.39 is 0 Å². The van der Waals surface area contributed by atoms with Crippen molar-refractivity contribution in [2.75, 3.05) is 0 Å². The Labute approximate surface area is 246 Å². The number of rotatable bonds is 3. The summed E-state index contributed by atoms with van der Waals surface area (Å²) in [6.45, 7) is 0. The number of nitrogens with zero attached hydrogens (tertiary/aromatic N) is 3. The fourth-order valence-corrected chi connectivity index (χ4v) is 7.29. The maximum absolute atomic E-state index is 5.30. The summed E-state index contributed by atoms with van der Waals surface area (Å²) < 4.78 is 3.53. The van der Waals surface area contributed by atoms with Crippen LogP contribution in [0.4, 0.5) is 0 Å². The highest BCUT2D eigenvalue weighted by atomic mass is 32.1. The van der Waals surface area contributed by atoms with E-state index in [0.717, 1.165) is 38.6 Å². The van der Waals surface area contributed by atoms with Gasteiger partial charge in [-0.3, -0.25) is 4.57 Å². The molecule has 3 heterocycles. The van der Waals surface area contributed by atoms with E-state index in [2.05, 4.69) is 138 Å². The molecule has 0 saturated heterocycles. The number of hydrogen-bond donors (Lipinski definition) is 0. The van der Waals surface area contributed by atoms with Crippen LogP contribution in [-0.4, -0.2) is 14.5 Å². The lowest BCUT2D eigenvalue weighted by Gasteiger charge is -2.13. The van der Waals surface area contributed by atoms with Crippen LogP contribution in [0.3, 0.4) is 0 Å². The van der Waals surface area contributed by atoms with Gasteiger partial charge in [0.2, 0.25) is 5.95 Å². The third-order valence-electron chi connectivity index (χ3n) is 8.21. The van der Waals surface area contributed by atoms with Gasteiger partial charge in [0.1, 0.15) is 0 Å². The lowest BCUT2D eigenvalue weighted by Crippen LogP contribution is -2.03. The van der Waals surface area contributed by atoms with Gasteiger partial charge in [0.15, 0.2) is 0 Å². The van der Waals surface area contributed by atoms with Gasteiger partial charge in [0.05, 0.1) is 22.2 Å². The van der Waals surface area contributed by atoms with E-state index in [9.17, 15) is 0 Å². The Morgan fingerprint density at radius 3 is 2.10 bits per heavy atom. The number of para-hydroxylation sites is 1. The molecular weight excluding hydrogens is 531 g/mol. The van der Waals surface area contributed by atoms with E-state index in [1.165, 1.54) is 36.7 Å². The molecule has 0 atom stereocenters. The molecule has 0 bridgehead atoms. The molecule has 0 spiro atoms. The van der Waals surface area contributed by atoms with Crippen LogP contribution in [0, 0.1) is 0 Å². The number of fused-ring (bicyclic) bond motifs is 7. The minimum absolute atomic E-state index is 0.679. The molecule has 3 aromatic heterocycles. The first-order valence-electron chi connectivity index (χ1n) is 14.1. The third-order valence-corrected chi connectivity index (χ3v) is 9.37. The average Bonchev–Trinajstić information content (AvgIpc) is 3.64. The number of benzene rings is 6. The zero-order chi connectivity index (χ0) is 27.6. The summed E-state index contributed by atoms with van der Waals surface area (Å²) in [5.41, 5.74) is 6.40. The van der Waals surface area contributed by atoms with E-state index in [0.29, 0.717) is 5.95 Å². The van der Waals surface area contributed by atoms with Crippen molar-refractivity contribution >= 4 is 64.9 Å². The maximum atomic E-state index is 5.30. The molecule has 0 N–H and O–H groups in total. The SMILES string of the molecule is c1ccc(-c2nc(-n3c4ccccc4c4cc(-c5cc6ccccc6s5)ccc43)nc3c2ccc2ccccc23)cc1. The van der Waals surface area contributed by atoms with Gasteiger partial charge in [-0.2, -0.15) is 0 Å². The summed E-state index contributed by atoms with van der Waals surface area (Å²) in [4.78, 5) is 11.9. The van der Waals surface area contributed by atoms with Gasteiger partial charge in [-0.1, -0.05) is 103 Å². The van der Waals surface area contributed by atoms with Crippen molar-refractivity contribution in [1.82, 2.24) is 14.5 Å². The molecule has 0 amide bonds. The second-order valence-corrected chi connectivity index (χ2v) is 11.7. The van der Waals surface area contributed by atoms with E-state index in [-0.39, 0.29) is 0 Å². The monoisotopic (exact) mass is 553 g/mol.